The number of hydrogen-bond acceptors (Lipinski definition) is 3. The first-order valence-electron chi connectivity index (χ1n) is 8.46. The van der Waals surface area contributed by atoms with Gasteiger partial charge in [-0.2, -0.15) is 0 Å². The van der Waals surface area contributed by atoms with Crippen molar-refractivity contribution in [1.29, 1.82) is 0 Å². The van der Waals surface area contributed by atoms with E-state index in [0.717, 1.165) is 28.9 Å². The Bertz CT molecular complexity index is 926. The van der Waals surface area contributed by atoms with Crippen molar-refractivity contribution in [1.82, 2.24) is 9.97 Å². The number of halogens is 1. The minimum absolute atomic E-state index is 0.103. The Morgan fingerprint density at radius 1 is 1.15 bits per heavy atom. The number of nitrogens with one attached hydrogen (secondary N) is 1. The molecule has 0 saturated carbocycles. The Balaban J connectivity index is 1.73. The van der Waals surface area contributed by atoms with E-state index >= 15 is 0 Å². The molecule has 5 heteroatoms. The van der Waals surface area contributed by atoms with Crippen molar-refractivity contribution >= 4 is 23.2 Å². The number of amides is 1. The number of rotatable bonds is 5. The van der Waals surface area contributed by atoms with Crippen molar-refractivity contribution in [3.63, 3.8) is 0 Å². The SMILES string of the molecule is Cc1ccccc1C(=O)Nc1cccc([C@H](C)Cc2cncc(Cl)n2)c1. The molecule has 4 nitrogen and oxygen atoms in total. The Kier molecular flexibility index (Phi) is 5.64. The first-order valence-corrected chi connectivity index (χ1v) is 8.84. The van der Waals surface area contributed by atoms with E-state index < -0.39 is 0 Å². The first-order chi connectivity index (χ1) is 12.5. The molecule has 0 radical (unpaired) electrons. The molecular formula is C21H20ClN3O. The molecule has 0 unspecified atom stereocenters. The molecule has 1 N–H and O–H groups in total. The molecule has 1 heterocycles. The first kappa shape index (κ1) is 18.1. The van der Waals surface area contributed by atoms with Gasteiger partial charge in [0.1, 0.15) is 5.15 Å². The van der Waals surface area contributed by atoms with E-state index in [1.54, 1.807) is 6.20 Å². The van der Waals surface area contributed by atoms with Crippen LogP contribution in [0.3, 0.4) is 0 Å². The van der Waals surface area contributed by atoms with E-state index in [2.05, 4.69) is 22.2 Å². The highest BCUT2D eigenvalue weighted by Crippen LogP contribution is 2.23. The van der Waals surface area contributed by atoms with Crippen LogP contribution in [-0.4, -0.2) is 15.9 Å². The molecule has 1 aromatic heterocycles. The maximum absolute atomic E-state index is 12.5. The van der Waals surface area contributed by atoms with Crippen molar-refractivity contribution < 1.29 is 4.79 Å². The Morgan fingerprint density at radius 2 is 1.96 bits per heavy atom. The number of carbonyl (C=O) groups excluding carboxylic acids is 1. The Morgan fingerprint density at radius 3 is 2.73 bits per heavy atom. The zero-order valence-electron chi connectivity index (χ0n) is 14.7. The molecule has 0 spiro atoms. The molecule has 0 aliphatic carbocycles. The van der Waals surface area contributed by atoms with Crippen LogP contribution in [0.2, 0.25) is 5.15 Å². The minimum Gasteiger partial charge on any atom is -0.322 e. The number of nitrogens with zero attached hydrogens (tertiary/aromatic N) is 2. The van der Waals surface area contributed by atoms with Gasteiger partial charge in [0.15, 0.2) is 0 Å². The third kappa shape index (κ3) is 4.46. The predicted molar refractivity (Wildman–Crippen MR) is 105 cm³/mol. The second-order valence-corrected chi connectivity index (χ2v) is 6.72. The molecule has 0 aliphatic heterocycles. The molecule has 0 saturated heterocycles. The average Bonchev–Trinajstić information content (AvgIpc) is 2.62. The van der Waals surface area contributed by atoms with E-state index in [9.17, 15) is 4.79 Å². The third-order valence-electron chi connectivity index (χ3n) is 4.27. The molecule has 0 fully saturated rings. The zero-order valence-corrected chi connectivity index (χ0v) is 15.5. The van der Waals surface area contributed by atoms with Crippen molar-refractivity contribution in [2.75, 3.05) is 5.32 Å². The lowest BCUT2D eigenvalue weighted by Gasteiger charge is -2.14. The standard InChI is InChI=1S/C21H20ClN3O/c1-14-6-3-4-9-19(14)21(26)25-17-8-5-7-16(11-17)15(2)10-18-12-23-13-20(22)24-18/h3-9,11-13,15H,10H2,1-2H3,(H,25,26)/t15-/m1/s1. The topological polar surface area (TPSA) is 54.9 Å². The molecule has 1 amide bonds. The maximum Gasteiger partial charge on any atom is 0.255 e. The Labute approximate surface area is 158 Å². The average molecular weight is 366 g/mol. The lowest BCUT2D eigenvalue weighted by atomic mass is 9.96. The van der Waals surface area contributed by atoms with Crippen LogP contribution < -0.4 is 5.32 Å². The lowest BCUT2D eigenvalue weighted by Crippen LogP contribution is -2.13. The van der Waals surface area contributed by atoms with Gasteiger partial charge in [0.2, 0.25) is 0 Å². The van der Waals surface area contributed by atoms with Gasteiger partial charge < -0.3 is 5.32 Å². The molecule has 26 heavy (non-hydrogen) atoms. The van der Waals surface area contributed by atoms with Gasteiger partial charge in [0, 0.05) is 17.4 Å². The van der Waals surface area contributed by atoms with Crippen LogP contribution >= 0.6 is 11.6 Å². The van der Waals surface area contributed by atoms with Crippen LogP contribution in [-0.2, 0) is 6.42 Å². The number of aryl methyl sites for hydroxylation is 1. The summed E-state index contributed by atoms with van der Waals surface area (Å²) >= 11 is 5.91. The van der Waals surface area contributed by atoms with Gasteiger partial charge in [0.05, 0.1) is 11.9 Å². The monoisotopic (exact) mass is 365 g/mol. The smallest absolute Gasteiger partial charge is 0.255 e. The second kappa shape index (κ2) is 8.11. The highest BCUT2D eigenvalue weighted by atomic mass is 35.5. The summed E-state index contributed by atoms with van der Waals surface area (Å²) in [5.41, 5.74) is 4.38. The van der Waals surface area contributed by atoms with Crippen molar-refractivity contribution in [2.24, 2.45) is 0 Å². The van der Waals surface area contributed by atoms with Gasteiger partial charge >= 0.3 is 0 Å². The van der Waals surface area contributed by atoms with Crippen LogP contribution in [0.1, 0.15) is 40.0 Å². The van der Waals surface area contributed by atoms with E-state index in [0.29, 0.717) is 10.7 Å². The number of aromatic nitrogens is 2. The quantitative estimate of drug-likeness (QED) is 0.689. The molecular weight excluding hydrogens is 346 g/mol. The van der Waals surface area contributed by atoms with Crippen LogP contribution in [0.25, 0.3) is 0 Å². The zero-order chi connectivity index (χ0) is 18.5. The van der Waals surface area contributed by atoms with Gasteiger partial charge in [-0.3, -0.25) is 9.78 Å². The summed E-state index contributed by atoms with van der Waals surface area (Å²) in [6, 6.07) is 15.4. The lowest BCUT2D eigenvalue weighted by molar-refractivity contribution is 0.102. The summed E-state index contributed by atoms with van der Waals surface area (Å²) in [7, 11) is 0. The molecule has 132 valence electrons. The van der Waals surface area contributed by atoms with Gasteiger partial charge in [-0.25, -0.2) is 4.98 Å². The summed E-state index contributed by atoms with van der Waals surface area (Å²) < 4.78 is 0. The number of carbonyl (C=O) groups is 1. The summed E-state index contributed by atoms with van der Waals surface area (Å²) in [5.74, 6) is 0.117. The van der Waals surface area contributed by atoms with E-state index in [-0.39, 0.29) is 11.8 Å². The van der Waals surface area contributed by atoms with Gasteiger partial charge in [-0.1, -0.05) is 48.9 Å². The summed E-state index contributed by atoms with van der Waals surface area (Å²) in [6.07, 6.45) is 3.98. The van der Waals surface area contributed by atoms with Gasteiger partial charge in [-0.15, -0.1) is 0 Å². The Hall–Kier alpha value is -2.72. The molecule has 3 aromatic rings. The number of hydrogen-bond donors (Lipinski definition) is 1. The van der Waals surface area contributed by atoms with Crippen molar-refractivity contribution in [2.45, 2.75) is 26.2 Å². The summed E-state index contributed by atoms with van der Waals surface area (Å²) in [4.78, 5) is 20.9. The van der Waals surface area contributed by atoms with Crippen LogP contribution in [0, 0.1) is 6.92 Å². The summed E-state index contributed by atoms with van der Waals surface area (Å²) in [6.45, 7) is 4.05. The molecule has 3 rings (SSSR count). The molecule has 1 atom stereocenters. The van der Waals surface area contributed by atoms with Gasteiger partial charge in [-0.05, 0) is 48.6 Å². The fourth-order valence-corrected chi connectivity index (χ4v) is 3.02. The second-order valence-electron chi connectivity index (χ2n) is 6.33. The van der Waals surface area contributed by atoms with E-state index in [1.165, 1.54) is 6.20 Å². The van der Waals surface area contributed by atoms with Gasteiger partial charge in [0.25, 0.3) is 5.91 Å². The van der Waals surface area contributed by atoms with Crippen molar-refractivity contribution in [3.05, 3.63) is 88.5 Å². The van der Waals surface area contributed by atoms with E-state index in [4.69, 9.17) is 11.6 Å². The molecule has 0 aliphatic rings. The normalized spacial score (nSPS) is 11.8. The molecule has 2 aromatic carbocycles. The predicted octanol–water partition coefficient (Wildman–Crippen LogP) is 5.04. The fourth-order valence-electron chi connectivity index (χ4n) is 2.86. The maximum atomic E-state index is 12.5. The van der Waals surface area contributed by atoms with E-state index in [1.807, 2.05) is 55.5 Å². The highest BCUT2D eigenvalue weighted by molar-refractivity contribution is 6.29. The summed E-state index contributed by atoms with van der Waals surface area (Å²) in [5, 5.41) is 3.38. The fraction of sp³-hybridized carbons (Fsp3) is 0.190. The number of benzene rings is 2. The van der Waals surface area contributed by atoms with Crippen LogP contribution in [0.4, 0.5) is 5.69 Å². The largest absolute Gasteiger partial charge is 0.322 e. The highest BCUT2D eigenvalue weighted by Gasteiger charge is 2.12. The minimum atomic E-state index is -0.103. The number of anilines is 1. The van der Waals surface area contributed by atoms with Crippen LogP contribution in [0.15, 0.2) is 60.9 Å². The third-order valence-corrected chi connectivity index (χ3v) is 4.46. The molecule has 0 bridgehead atoms. The van der Waals surface area contributed by atoms with Crippen LogP contribution in [0.5, 0.6) is 0 Å². The van der Waals surface area contributed by atoms with Crippen molar-refractivity contribution in [3.8, 4) is 0 Å².